The summed E-state index contributed by atoms with van der Waals surface area (Å²) in [6.45, 7) is 7.06. The summed E-state index contributed by atoms with van der Waals surface area (Å²) in [6, 6.07) is 6.34. The van der Waals surface area contributed by atoms with E-state index in [2.05, 4.69) is 44.9 Å². The molecular weight excluding hydrogens is 548 g/mol. The van der Waals surface area contributed by atoms with Crippen LogP contribution in [0.25, 0.3) is 0 Å². The molecule has 3 unspecified atom stereocenters. The molecule has 1 aromatic rings. The minimum atomic E-state index is -0.484. The number of aliphatic imine (C=N–C) groups is 1. The van der Waals surface area contributed by atoms with Crippen LogP contribution in [0.2, 0.25) is 0 Å². The molecule has 0 saturated heterocycles. The fourth-order valence-electron chi connectivity index (χ4n) is 4.82. The summed E-state index contributed by atoms with van der Waals surface area (Å²) in [4.78, 5) is 18.1. The number of unbranched alkanes of at least 4 members (excludes halogenated alkanes) is 1. The lowest BCUT2D eigenvalue weighted by molar-refractivity contribution is -0.117. The second-order valence-corrected chi connectivity index (χ2v) is 10.3. The zero-order valence-electron chi connectivity index (χ0n) is 19.6. The van der Waals surface area contributed by atoms with Crippen LogP contribution in [-0.4, -0.2) is 30.0 Å². The topological polar surface area (TPSA) is 71.7 Å². The van der Waals surface area contributed by atoms with Gasteiger partial charge in [0, 0.05) is 34.7 Å². The number of alkyl halides is 1. The van der Waals surface area contributed by atoms with Gasteiger partial charge in [-0.25, -0.2) is 0 Å². The van der Waals surface area contributed by atoms with Crippen molar-refractivity contribution in [2.75, 3.05) is 18.5 Å². The van der Waals surface area contributed by atoms with E-state index in [1.165, 1.54) is 0 Å². The van der Waals surface area contributed by atoms with Gasteiger partial charge in [-0.05, 0) is 79.1 Å². The molecule has 178 valence electrons. The number of carbonyl (C=O) groups is 1. The van der Waals surface area contributed by atoms with Gasteiger partial charge in [0.1, 0.15) is 0 Å². The maximum atomic E-state index is 13.3. The van der Waals surface area contributed by atoms with Crippen LogP contribution in [-0.2, 0) is 4.79 Å². The SMILES string of the molecule is CCCC1CC(=O)C2=C(C1)N=C(C)C(C#N)C2c1cc(Br)c(OCCCCBr)c(OCC)c1. The van der Waals surface area contributed by atoms with Crippen LogP contribution in [0.15, 0.2) is 32.9 Å². The molecule has 1 aliphatic heterocycles. The number of allylic oxidation sites excluding steroid dienone is 2. The molecule has 3 rings (SSSR count). The monoisotopic (exact) mass is 578 g/mol. The summed E-state index contributed by atoms with van der Waals surface area (Å²) in [7, 11) is 0. The van der Waals surface area contributed by atoms with Crippen LogP contribution in [0.4, 0.5) is 0 Å². The largest absolute Gasteiger partial charge is 0.490 e. The zero-order chi connectivity index (χ0) is 24.0. The second-order valence-electron chi connectivity index (χ2n) is 8.69. The summed E-state index contributed by atoms with van der Waals surface area (Å²) in [5, 5.41) is 11.0. The van der Waals surface area contributed by atoms with Gasteiger partial charge in [0.15, 0.2) is 17.3 Å². The van der Waals surface area contributed by atoms with Gasteiger partial charge in [-0.1, -0.05) is 29.3 Å². The molecule has 0 N–H and O–H groups in total. The quantitative estimate of drug-likeness (QED) is 0.218. The van der Waals surface area contributed by atoms with Gasteiger partial charge >= 0.3 is 0 Å². The Hall–Kier alpha value is -1.65. The fraction of sp³-hybridized carbons (Fsp3) is 0.577. The first-order valence-corrected chi connectivity index (χ1v) is 13.7. The lowest BCUT2D eigenvalue weighted by atomic mass is 9.70. The van der Waals surface area contributed by atoms with Gasteiger partial charge in [0.05, 0.1) is 29.7 Å². The number of nitrogens with zero attached hydrogens (tertiary/aromatic N) is 2. The highest BCUT2D eigenvalue weighted by Gasteiger charge is 2.41. The Morgan fingerprint density at radius 3 is 2.67 bits per heavy atom. The third kappa shape index (κ3) is 5.89. The molecule has 1 aliphatic carbocycles. The number of benzene rings is 1. The van der Waals surface area contributed by atoms with Crippen molar-refractivity contribution in [3.8, 4) is 17.6 Å². The van der Waals surface area contributed by atoms with Crippen molar-refractivity contribution in [1.29, 1.82) is 5.26 Å². The van der Waals surface area contributed by atoms with Crippen LogP contribution in [0.1, 0.15) is 70.8 Å². The number of hydrogen-bond acceptors (Lipinski definition) is 5. The first-order chi connectivity index (χ1) is 15.9. The lowest BCUT2D eigenvalue weighted by Gasteiger charge is -2.35. The molecule has 0 fully saturated rings. The predicted octanol–water partition coefficient (Wildman–Crippen LogP) is 7.13. The van der Waals surface area contributed by atoms with E-state index >= 15 is 0 Å². The Labute approximate surface area is 213 Å². The Bertz CT molecular complexity index is 980. The van der Waals surface area contributed by atoms with Crippen LogP contribution >= 0.6 is 31.9 Å². The Balaban J connectivity index is 2.04. The maximum absolute atomic E-state index is 13.3. The van der Waals surface area contributed by atoms with E-state index in [1.807, 2.05) is 26.0 Å². The van der Waals surface area contributed by atoms with Crippen molar-refractivity contribution in [2.24, 2.45) is 16.8 Å². The number of ether oxygens (including phenoxy) is 2. The van der Waals surface area contributed by atoms with E-state index in [0.29, 0.717) is 42.6 Å². The number of ketones is 1. The van der Waals surface area contributed by atoms with Crippen molar-refractivity contribution in [2.45, 2.75) is 65.2 Å². The molecule has 1 aromatic carbocycles. The van der Waals surface area contributed by atoms with Gasteiger partial charge in [0.25, 0.3) is 0 Å². The Morgan fingerprint density at radius 1 is 1.21 bits per heavy atom. The van der Waals surface area contributed by atoms with Gasteiger partial charge in [-0.2, -0.15) is 5.26 Å². The van der Waals surface area contributed by atoms with Gasteiger partial charge in [-0.15, -0.1) is 0 Å². The third-order valence-corrected chi connectivity index (χ3v) is 7.42. The first kappa shape index (κ1) is 26.0. The van der Waals surface area contributed by atoms with E-state index in [0.717, 1.165) is 58.9 Å². The number of halogens is 2. The van der Waals surface area contributed by atoms with E-state index in [1.54, 1.807) is 0 Å². The molecule has 5 nitrogen and oxygen atoms in total. The van der Waals surface area contributed by atoms with Crippen LogP contribution in [0, 0.1) is 23.2 Å². The highest BCUT2D eigenvalue weighted by Crippen LogP contribution is 2.48. The van der Waals surface area contributed by atoms with Gasteiger partial charge < -0.3 is 9.47 Å². The highest BCUT2D eigenvalue weighted by atomic mass is 79.9. The molecule has 2 aliphatic rings. The standard InChI is InChI=1S/C26H32Br2N2O3/c1-4-8-17-11-21-25(22(31)12-17)24(19(15-29)16(3)30-21)18-13-20(28)26(23(14-18)32-5-2)33-10-7-6-9-27/h13-14,17,19,24H,4-12H2,1-3H3. The predicted molar refractivity (Wildman–Crippen MR) is 138 cm³/mol. The number of hydrogen-bond donors (Lipinski definition) is 0. The summed E-state index contributed by atoms with van der Waals surface area (Å²) >= 11 is 7.11. The summed E-state index contributed by atoms with van der Waals surface area (Å²) < 4.78 is 12.8. The lowest BCUT2D eigenvalue weighted by Crippen LogP contribution is -2.32. The fourth-order valence-corrected chi connectivity index (χ4v) is 5.79. The molecule has 0 radical (unpaired) electrons. The average Bonchev–Trinajstić information content (AvgIpc) is 2.77. The Morgan fingerprint density at radius 2 is 2.00 bits per heavy atom. The minimum absolute atomic E-state index is 0.125. The highest BCUT2D eigenvalue weighted by molar-refractivity contribution is 9.10. The summed E-state index contributed by atoms with van der Waals surface area (Å²) in [5.41, 5.74) is 3.23. The van der Waals surface area contributed by atoms with Gasteiger partial charge in [0.2, 0.25) is 0 Å². The maximum Gasteiger partial charge on any atom is 0.175 e. The zero-order valence-corrected chi connectivity index (χ0v) is 22.8. The molecule has 7 heteroatoms. The number of nitriles is 1. The van der Waals surface area contributed by atoms with Crippen LogP contribution in [0.3, 0.4) is 0 Å². The summed E-state index contributed by atoms with van der Waals surface area (Å²) in [5.74, 6) is 0.917. The second kappa shape index (κ2) is 12.2. The molecule has 0 spiro atoms. The molecule has 33 heavy (non-hydrogen) atoms. The molecule has 1 heterocycles. The number of Topliss-reactive ketones (excluding diaryl/α,β-unsaturated/α-hetero) is 1. The molecular formula is C26H32Br2N2O3. The van der Waals surface area contributed by atoms with Crippen LogP contribution in [0.5, 0.6) is 11.5 Å². The molecule has 0 bridgehead atoms. The van der Waals surface area contributed by atoms with E-state index < -0.39 is 5.92 Å². The first-order valence-electron chi connectivity index (χ1n) is 11.8. The molecule has 0 saturated carbocycles. The summed E-state index contributed by atoms with van der Waals surface area (Å²) in [6.07, 6.45) is 5.37. The third-order valence-electron chi connectivity index (χ3n) is 6.27. The van der Waals surface area contributed by atoms with Crippen molar-refractivity contribution < 1.29 is 14.3 Å². The Kier molecular flexibility index (Phi) is 9.57. The number of carbonyl (C=O) groups excluding carboxylic acids is 1. The molecule has 0 aromatic heterocycles. The van der Waals surface area contributed by atoms with Crippen molar-refractivity contribution >= 4 is 43.4 Å². The van der Waals surface area contributed by atoms with E-state index in [9.17, 15) is 10.1 Å². The van der Waals surface area contributed by atoms with Crippen molar-refractivity contribution in [3.63, 3.8) is 0 Å². The van der Waals surface area contributed by atoms with E-state index in [-0.39, 0.29) is 11.7 Å². The average molecular weight is 580 g/mol. The minimum Gasteiger partial charge on any atom is -0.490 e. The number of rotatable bonds is 10. The molecule has 3 atom stereocenters. The van der Waals surface area contributed by atoms with Crippen molar-refractivity contribution in [3.05, 3.63) is 33.4 Å². The van der Waals surface area contributed by atoms with Crippen LogP contribution < -0.4 is 9.47 Å². The smallest absolute Gasteiger partial charge is 0.175 e. The van der Waals surface area contributed by atoms with Gasteiger partial charge in [-0.3, -0.25) is 9.79 Å². The normalized spacial score (nSPS) is 22.5. The van der Waals surface area contributed by atoms with E-state index in [4.69, 9.17) is 14.5 Å². The van der Waals surface area contributed by atoms with Crippen molar-refractivity contribution in [1.82, 2.24) is 0 Å². The molecule has 0 amide bonds.